The lowest BCUT2D eigenvalue weighted by Gasteiger charge is -2.15. The van der Waals surface area contributed by atoms with E-state index in [0.717, 1.165) is 18.2 Å². The number of hydrogen-bond acceptors (Lipinski definition) is 3. The highest BCUT2D eigenvalue weighted by Crippen LogP contribution is 2.25. The fourth-order valence-corrected chi connectivity index (χ4v) is 0.844. The Bertz CT molecular complexity index is 401. The van der Waals surface area contributed by atoms with Gasteiger partial charge in [-0.25, -0.2) is 4.39 Å². The van der Waals surface area contributed by atoms with Crippen molar-refractivity contribution in [3.8, 4) is 11.8 Å². The zero-order chi connectivity index (χ0) is 11.5. The van der Waals surface area contributed by atoms with Crippen molar-refractivity contribution in [1.82, 2.24) is 0 Å². The van der Waals surface area contributed by atoms with Gasteiger partial charge in [0.25, 0.3) is 0 Å². The second kappa shape index (κ2) is 4.19. The van der Waals surface area contributed by atoms with Gasteiger partial charge in [0.1, 0.15) is 6.61 Å². The zero-order valence-electron chi connectivity index (χ0n) is 7.38. The molecular formula is C9H6F3NO2. The third kappa shape index (κ3) is 2.86. The van der Waals surface area contributed by atoms with Gasteiger partial charge in [0.05, 0.1) is 11.6 Å². The maximum absolute atomic E-state index is 12.9. The monoisotopic (exact) mass is 217 g/mol. The second-order valence-electron chi connectivity index (χ2n) is 2.65. The normalized spacial score (nSPS) is 10.9. The van der Waals surface area contributed by atoms with Crippen molar-refractivity contribution in [3.63, 3.8) is 0 Å². The highest BCUT2D eigenvalue weighted by atomic mass is 19.3. The Morgan fingerprint density at radius 2 is 2.13 bits per heavy atom. The molecule has 1 N–H and O–H groups in total. The minimum absolute atomic E-state index is 0.0138. The van der Waals surface area contributed by atoms with Crippen LogP contribution < -0.4 is 4.74 Å². The minimum atomic E-state index is -3.87. The molecule has 0 amide bonds. The lowest BCUT2D eigenvalue weighted by atomic mass is 10.2. The zero-order valence-corrected chi connectivity index (χ0v) is 7.38. The summed E-state index contributed by atoms with van der Waals surface area (Å²) in [5, 5.41) is 16.7. The number of aliphatic hydroxyl groups excluding tert-OH is 1. The van der Waals surface area contributed by atoms with E-state index in [-0.39, 0.29) is 5.56 Å². The van der Waals surface area contributed by atoms with Crippen LogP contribution in [0, 0.1) is 17.1 Å². The van der Waals surface area contributed by atoms with Crippen LogP contribution >= 0.6 is 0 Å². The molecule has 1 aromatic carbocycles. The molecule has 0 spiro atoms. The van der Waals surface area contributed by atoms with Gasteiger partial charge >= 0.3 is 6.11 Å². The highest BCUT2D eigenvalue weighted by molar-refractivity contribution is 5.37. The van der Waals surface area contributed by atoms with Gasteiger partial charge in [0.15, 0.2) is 11.6 Å². The van der Waals surface area contributed by atoms with Crippen molar-refractivity contribution in [3.05, 3.63) is 29.6 Å². The van der Waals surface area contributed by atoms with E-state index in [1.165, 1.54) is 0 Å². The molecule has 0 saturated carbocycles. The average Bonchev–Trinajstić information content (AvgIpc) is 2.21. The minimum Gasteiger partial charge on any atom is -0.428 e. The molecule has 0 heterocycles. The maximum atomic E-state index is 12.9. The van der Waals surface area contributed by atoms with E-state index in [1.807, 2.05) is 0 Å². The molecular weight excluding hydrogens is 211 g/mol. The number of nitrogens with zero attached hydrogens (tertiary/aromatic N) is 1. The number of aliphatic hydroxyl groups is 1. The smallest absolute Gasteiger partial charge is 0.421 e. The number of rotatable bonds is 3. The molecule has 0 aliphatic carbocycles. The molecule has 0 aliphatic rings. The first-order chi connectivity index (χ1) is 6.98. The van der Waals surface area contributed by atoms with E-state index < -0.39 is 24.3 Å². The summed E-state index contributed by atoms with van der Waals surface area (Å²) in [4.78, 5) is 0. The van der Waals surface area contributed by atoms with E-state index >= 15 is 0 Å². The van der Waals surface area contributed by atoms with E-state index in [1.54, 1.807) is 6.07 Å². The molecule has 0 radical (unpaired) electrons. The van der Waals surface area contributed by atoms with E-state index in [2.05, 4.69) is 4.74 Å². The summed E-state index contributed by atoms with van der Waals surface area (Å²) in [6.07, 6.45) is -3.87. The third-order valence-electron chi connectivity index (χ3n) is 1.50. The first-order valence-electron chi connectivity index (χ1n) is 3.86. The van der Waals surface area contributed by atoms with Crippen LogP contribution in [-0.2, 0) is 0 Å². The summed E-state index contributed by atoms with van der Waals surface area (Å²) in [7, 11) is 0. The average molecular weight is 217 g/mol. The van der Waals surface area contributed by atoms with E-state index in [4.69, 9.17) is 10.4 Å². The molecule has 0 unspecified atom stereocenters. The van der Waals surface area contributed by atoms with E-state index in [9.17, 15) is 13.2 Å². The van der Waals surface area contributed by atoms with Crippen LogP contribution in [0.3, 0.4) is 0 Å². The Morgan fingerprint density at radius 1 is 1.47 bits per heavy atom. The SMILES string of the molecule is N#Cc1ccc(F)c(OC(F)(F)CO)c1. The molecule has 0 fully saturated rings. The number of alkyl halides is 2. The number of ether oxygens (including phenoxy) is 1. The predicted octanol–water partition coefficient (Wildman–Crippen LogP) is 1.66. The van der Waals surface area contributed by atoms with Crippen molar-refractivity contribution >= 4 is 0 Å². The molecule has 80 valence electrons. The van der Waals surface area contributed by atoms with Crippen LogP contribution in [-0.4, -0.2) is 17.8 Å². The fourth-order valence-electron chi connectivity index (χ4n) is 0.844. The summed E-state index contributed by atoms with van der Waals surface area (Å²) in [6, 6.07) is 4.44. The summed E-state index contributed by atoms with van der Waals surface area (Å²) >= 11 is 0. The van der Waals surface area contributed by atoms with Gasteiger partial charge in [-0.05, 0) is 12.1 Å². The first kappa shape index (κ1) is 11.3. The van der Waals surface area contributed by atoms with Crippen LogP contribution in [0.1, 0.15) is 5.56 Å². The molecule has 15 heavy (non-hydrogen) atoms. The Hall–Kier alpha value is -1.74. The van der Waals surface area contributed by atoms with Crippen molar-refractivity contribution in [2.75, 3.05) is 6.61 Å². The van der Waals surface area contributed by atoms with Crippen molar-refractivity contribution in [2.45, 2.75) is 6.11 Å². The highest BCUT2D eigenvalue weighted by Gasteiger charge is 2.31. The summed E-state index contributed by atoms with van der Waals surface area (Å²) in [6.45, 7) is -1.57. The largest absolute Gasteiger partial charge is 0.428 e. The lowest BCUT2D eigenvalue weighted by molar-refractivity contribution is -0.202. The van der Waals surface area contributed by atoms with Gasteiger partial charge in [-0.2, -0.15) is 14.0 Å². The quantitative estimate of drug-likeness (QED) is 0.837. The Kier molecular flexibility index (Phi) is 3.17. The number of benzene rings is 1. The number of hydrogen-bond donors (Lipinski definition) is 1. The summed E-state index contributed by atoms with van der Waals surface area (Å²) in [5.74, 6) is -1.80. The third-order valence-corrected chi connectivity index (χ3v) is 1.50. The number of halogens is 3. The summed E-state index contributed by atoms with van der Waals surface area (Å²) < 4.78 is 41.9. The van der Waals surface area contributed by atoms with Gasteiger partial charge in [0.2, 0.25) is 0 Å². The van der Waals surface area contributed by atoms with Gasteiger partial charge < -0.3 is 9.84 Å². The maximum Gasteiger partial charge on any atom is 0.421 e. The van der Waals surface area contributed by atoms with Crippen LogP contribution in [0.2, 0.25) is 0 Å². The number of nitriles is 1. The molecule has 0 bridgehead atoms. The topological polar surface area (TPSA) is 53.2 Å². The second-order valence-corrected chi connectivity index (χ2v) is 2.65. The molecule has 1 aromatic rings. The van der Waals surface area contributed by atoms with E-state index in [0.29, 0.717) is 0 Å². The Labute approximate surface area is 83.3 Å². The molecule has 3 nitrogen and oxygen atoms in total. The fraction of sp³-hybridized carbons (Fsp3) is 0.222. The Morgan fingerprint density at radius 3 is 2.67 bits per heavy atom. The molecule has 6 heteroatoms. The van der Waals surface area contributed by atoms with Crippen LogP contribution in [0.5, 0.6) is 5.75 Å². The van der Waals surface area contributed by atoms with Crippen molar-refractivity contribution < 1.29 is 23.0 Å². The van der Waals surface area contributed by atoms with Crippen molar-refractivity contribution in [2.24, 2.45) is 0 Å². The van der Waals surface area contributed by atoms with Gasteiger partial charge in [-0.15, -0.1) is 0 Å². The molecule has 0 aliphatic heterocycles. The predicted molar refractivity (Wildman–Crippen MR) is 43.8 cm³/mol. The molecule has 1 rings (SSSR count). The molecule has 0 aromatic heterocycles. The van der Waals surface area contributed by atoms with Gasteiger partial charge in [-0.1, -0.05) is 0 Å². The first-order valence-corrected chi connectivity index (χ1v) is 3.86. The molecule has 0 atom stereocenters. The standard InChI is InChI=1S/C9H6F3NO2/c10-7-2-1-6(4-13)3-8(7)15-9(11,12)5-14/h1-3,14H,5H2. The van der Waals surface area contributed by atoms with Gasteiger partial charge in [0, 0.05) is 6.07 Å². The van der Waals surface area contributed by atoms with Crippen LogP contribution in [0.4, 0.5) is 13.2 Å². The van der Waals surface area contributed by atoms with Crippen LogP contribution in [0.25, 0.3) is 0 Å². The lowest BCUT2D eigenvalue weighted by Crippen LogP contribution is -2.29. The van der Waals surface area contributed by atoms with Crippen molar-refractivity contribution in [1.29, 1.82) is 5.26 Å². The molecule has 0 saturated heterocycles. The Balaban J connectivity index is 2.99. The van der Waals surface area contributed by atoms with Crippen LogP contribution in [0.15, 0.2) is 18.2 Å². The van der Waals surface area contributed by atoms with Gasteiger partial charge in [-0.3, -0.25) is 0 Å². The summed E-state index contributed by atoms with van der Waals surface area (Å²) in [5.41, 5.74) is -0.0138.